The number of ether oxygens (including phenoxy) is 1. The van der Waals surface area contributed by atoms with E-state index in [9.17, 15) is 0 Å². The highest BCUT2D eigenvalue weighted by molar-refractivity contribution is 5.26. The molecule has 18 heavy (non-hydrogen) atoms. The molecule has 0 unspecified atom stereocenters. The molecule has 0 saturated heterocycles. The highest BCUT2D eigenvalue weighted by atomic mass is 16.5. The van der Waals surface area contributed by atoms with Gasteiger partial charge in [-0.2, -0.15) is 0 Å². The largest absolute Gasteiger partial charge is 0.380 e. The van der Waals surface area contributed by atoms with E-state index in [2.05, 4.69) is 29.6 Å². The summed E-state index contributed by atoms with van der Waals surface area (Å²) >= 11 is 0. The maximum absolute atomic E-state index is 5.23. The number of benzene rings is 1. The van der Waals surface area contributed by atoms with E-state index < -0.39 is 0 Å². The Morgan fingerprint density at radius 2 is 1.89 bits per heavy atom. The molecule has 0 atom stereocenters. The molecule has 0 bridgehead atoms. The van der Waals surface area contributed by atoms with E-state index in [1.54, 1.807) is 7.11 Å². The average molecular weight is 247 g/mol. The van der Waals surface area contributed by atoms with Gasteiger partial charge < -0.3 is 10.1 Å². The van der Waals surface area contributed by atoms with Gasteiger partial charge in [0, 0.05) is 13.7 Å². The van der Waals surface area contributed by atoms with Crippen LogP contribution in [0.1, 0.15) is 43.2 Å². The molecule has 0 spiro atoms. The number of hydrogen-bond acceptors (Lipinski definition) is 2. The molecular formula is C16H25NO. The smallest absolute Gasteiger partial charge is 0.0716 e. The van der Waals surface area contributed by atoms with Crippen LogP contribution >= 0.6 is 0 Å². The minimum absolute atomic E-state index is 0.709. The van der Waals surface area contributed by atoms with Gasteiger partial charge in [-0.15, -0.1) is 0 Å². The van der Waals surface area contributed by atoms with Crippen molar-refractivity contribution in [2.24, 2.45) is 5.92 Å². The third kappa shape index (κ3) is 4.11. The fourth-order valence-corrected chi connectivity index (χ4v) is 2.85. The summed E-state index contributed by atoms with van der Waals surface area (Å²) in [6.45, 7) is 2.82. The topological polar surface area (TPSA) is 21.3 Å². The normalized spacial score (nSPS) is 16.3. The second-order valence-electron chi connectivity index (χ2n) is 5.32. The zero-order chi connectivity index (χ0) is 12.6. The van der Waals surface area contributed by atoms with Gasteiger partial charge in [0.1, 0.15) is 0 Å². The Bertz CT molecular complexity index is 345. The Hall–Kier alpha value is -0.860. The van der Waals surface area contributed by atoms with Crippen molar-refractivity contribution >= 4 is 0 Å². The predicted molar refractivity (Wildman–Crippen MR) is 75.4 cm³/mol. The molecule has 2 rings (SSSR count). The van der Waals surface area contributed by atoms with Gasteiger partial charge in [-0.1, -0.05) is 49.9 Å². The zero-order valence-electron chi connectivity index (χ0n) is 11.5. The van der Waals surface area contributed by atoms with Crippen LogP contribution in [-0.2, 0) is 17.9 Å². The first-order chi connectivity index (χ1) is 8.90. The van der Waals surface area contributed by atoms with Crippen molar-refractivity contribution in [3.63, 3.8) is 0 Å². The first kappa shape index (κ1) is 13.6. The van der Waals surface area contributed by atoms with Gasteiger partial charge in [0.15, 0.2) is 0 Å². The van der Waals surface area contributed by atoms with Crippen LogP contribution in [-0.4, -0.2) is 13.7 Å². The zero-order valence-corrected chi connectivity index (χ0v) is 11.5. The van der Waals surface area contributed by atoms with Crippen LogP contribution in [0.5, 0.6) is 0 Å². The molecule has 1 aromatic carbocycles. The summed E-state index contributed by atoms with van der Waals surface area (Å²) in [5, 5.41) is 3.57. The van der Waals surface area contributed by atoms with Crippen molar-refractivity contribution in [2.75, 3.05) is 13.7 Å². The van der Waals surface area contributed by atoms with Gasteiger partial charge in [-0.3, -0.25) is 0 Å². The third-order valence-electron chi connectivity index (χ3n) is 3.94. The Balaban J connectivity index is 1.72. The van der Waals surface area contributed by atoms with E-state index in [-0.39, 0.29) is 0 Å². The molecule has 100 valence electrons. The summed E-state index contributed by atoms with van der Waals surface area (Å²) in [5.41, 5.74) is 2.67. The lowest BCUT2D eigenvalue weighted by Gasteiger charge is -2.12. The third-order valence-corrected chi connectivity index (χ3v) is 3.94. The number of hydrogen-bond donors (Lipinski definition) is 1. The Morgan fingerprint density at radius 1 is 1.17 bits per heavy atom. The van der Waals surface area contributed by atoms with Crippen molar-refractivity contribution in [1.29, 1.82) is 0 Å². The van der Waals surface area contributed by atoms with Gasteiger partial charge >= 0.3 is 0 Å². The molecule has 0 amide bonds. The standard InChI is InChI=1S/C16H25NO/c1-18-13-16-9-5-4-8-15(16)12-17-11-10-14-6-2-3-7-14/h4-5,8-9,14,17H,2-3,6-7,10-13H2,1H3. The first-order valence-electron chi connectivity index (χ1n) is 7.16. The molecule has 1 aliphatic carbocycles. The minimum atomic E-state index is 0.709. The van der Waals surface area contributed by atoms with Crippen LogP contribution < -0.4 is 5.32 Å². The molecule has 1 N–H and O–H groups in total. The van der Waals surface area contributed by atoms with Crippen LogP contribution in [0.2, 0.25) is 0 Å². The maximum Gasteiger partial charge on any atom is 0.0716 e. The molecular weight excluding hydrogens is 222 g/mol. The average Bonchev–Trinajstić information content (AvgIpc) is 2.90. The van der Waals surface area contributed by atoms with Crippen molar-refractivity contribution in [3.05, 3.63) is 35.4 Å². The van der Waals surface area contributed by atoms with Gasteiger partial charge in [-0.05, 0) is 30.0 Å². The highest BCUT2D eigenvalue weighted by Gasteiger charge is 2.13. The number of methoxy groups -OCH3 is 1. The van der Waals surface area contributed by atoms with Crippen LogP contribution in [0.3, 0.4) is 0 Å². The maximum atomic E-state index is 5.23. The van der Waals surface area contributed by atoms with Crippen molar-refractivity contribution < 1.29 is 4.74 Å². The monoisotopic (exact) mass is 247 g/mol. The predicted octanol–water partition coefficient (Wildman–Crippen LogP) is 3.50. The lowest BCUT2D eigenvalue weighted by atomic mass is 10.0. The minimum Gasteiger partial charge on any atom is -0.380 e. The second kappa shape index (κ2) is 7.55. The van der Waals surface area contributed by atoms with Crippen molar-refractivity contribution in [3.8, 4) is 0 Å². The molecule has 1 fully saturated rings. The summed E-state index contributed by atoms with van der Waals surface area (Å²) in [5.74, 6) is 0.978. The molecule has 2 nitrogen and oxygen atoms in total. The van der Waals surface area contributed by atoms with Gasteiger partial charge in [0.25, 0.3) is 0 Å². The Labute approximate surface area is 111 Å². The molecule has 1 aromatic rings. The first-order valence-corrected chi connectivity index (χ1v) is 7.16. The molecule has 0 radical (unpaired) electrons. The fraction of sp³-hybridized carbons (Fsp3) is 0.625. The van der Waals surface area contributed by atoms with E-state index in [1.165, 1.54) is 43.2 Å². The highest BCUT2D eigenvalue weighted by Crippen LogP contribution is 2.26. The molecule has 0 aromatic heterocycles. The van der Waals surface area contributed by atoms with E-state index >= 15 is 0 Å². The summed E-state index contributed by atoms with van der Waals surface area (Å²) < 4.78 is 5.23. The van der Waals surface area contributed by atoms with Gasteiger partial charge in [0.05, 0.1) is 6.61 Å². The van der Waals surface area contributed by atoms with Crippen LogP contribution in [0.15, 0.2) is 24.3 Å². The molecule has 1 aliphatic rings. The van der Waals surface area contributed by atoms with Crippen molar-refractivity contribution in [2.45, 2.75) is 45.3 Å². The molecule has 1 saturated carbocycles. The Morgan fingerprint density at radius 3 is 2.61 bits per heavy atom. The lowest BCUT2D eigenvalue weighted by Crippen LogP contribution is -2.18. The van der Waals surface area contributed by atoms with E-state index in [0.29, 0.717) is 6.61 Å². The molecule has 0 heterocycles. The SMILES string of the molecule is COCc1ccccc1CNCCC1CCCC1. The summed E-state index contributed by atoms with van der Waals surface area (Å²) in [4.78, 5) is 0. The number of nitrogens with one attached hydrogen (secondary N) is 1. The van der Waals surface area contributed by atoms with Crippen LogP contribution in [0, 0.1) is 5.92 Å². The summed E-state index contributed by atoms with van der Waals surface area (Å²) in [6, 6.07) is 8.53. The van der Waals surface area contributed by atoms with Gasteiger partial charge in [-0.25, -0.2) is 0 Å². The molecule has 2 heteroatoms. The van der Waals surface area contributed by atoms with Crippen LogP contribution in [0.25, 0.3) is 0 Å². The summed E-state index contributed by atoms with van der Waals surface area (Å²) in [6.07, 6.45) is 7.12. The fourth-order valence-electron chi connectivity index (χ4n) is 2.85. The van der Waals surface area contributed by atoms with Crippen LogP contribution in [0.4, 0.5) is 0 Å². The second-order valence-corrected chi connectivity index (χ2v) is 5.32. The number of rotatable bonds is 7. The van der Waals surface area contributed by atoms with E-state index in [4.69, 9.17) is 4.74 Å². The van der Waals surface area contributed by atoms with E-state index in [0.717, 1.165) is 19.0 Å². The lowest BCUT2D eigenvalue weighted by molar-refractivity contribution is 0.184. The van der Waals surface area contributed by atoms with Crippen molar-refractivity contribution in [1.82, 2.24) is 5.32 Å². The van der Waals surface area contributed by atoms with Gasteiger partial charge in [0.2, 0.25) is 0 Å². The Kier molecular flexibility index (Phi) is 5.69. The quantitative estimate of drug-likeness (QED) is 0.745. The molecule has 0 aliphatic heterocycles. The summed E-state index contributed by atoms with van der Waals surface area (Å²) in [7, 11) is 1.75. The van der Waals surface area contributed by atoms with E-state index in [1.807, 2.05) is 0 Å².